The standard InChI is InChI=1S/C26H30F3N3O4S/c1-37(2,3)13-12-35-17-32-15-22(26(27,28)29)31-23(32)19-6-9-21(30-14-19)18-4-7-20(8-5-18)36-16-25(10-11-25)24(33)34/h4-9,14-15H,10-13,16-17H2,1-3H3,(H,33,34). The van der Waals surface area contributed by atoms with Crippen LogP contribution in [0.1, 0.15) is 18.5 Å². The van der Waals surface area contributed by atoms with Gasteiger partial charge in [-0.05, 0) is 68.0 Å². The molecule has 1 aromatic carbocycles. The molecule has 1 N–H and O–H groups in total. The van der Waals surface area contributed by atoms with E-state index in [2.05, 4.69) is 28.7 Å². The van der Waals surface area contributed by atoms with Crippen molar-refractivity contribution in [2.75, 3.05) is 37.7 Å². The molecule has 1 aliphatic rings. The van der Waals surface area contributed by atoms with Gasteiger partial charge in [-0.25, -0.2) is 15.0 Å². The molecule has 0 atom stereocenters. The molecule has 7 nitrogen and oxygen atoms in total. The van der Waals surface area contributed by atoms with Crippen LogP contribution in [0.4, 0.5) is 13.2 Å². The van der Waals surface area contributed by atoms with E-state index in [9.17, 15) is 23.1 Å². The first-order valence-electron chi connectivity index (χ1n) is 11.7. The highest BCUT2D eigenvalue weighted by atomic mass is 32.3. The molecular weight excluding hydrogens is 507 g/mol. The van der Waals surface area contributed by atoms with E-state index in [-0.39, 0.29) is 19.2 Å². The molecule has 1 aliphatic carbocycles. The van der Waals surface area contributed by atoms with Crippen LogP contribution >= 0.6 is 10.0 Å². The maximum Gasteiger partial charge on any atom is 0.434 e. The van der Waals surface area contributed by atoms with Gasteiger partial charge < -0.3 is 19.1 Å². The van der Waals surface area contributed by atoms with Gasteiger partial charge in [0.1, 0.15) is 30.3 Å². The first-order valence-corrected chi connectivity index (χ1v) is 14.7. The summed E-state index contributed by atoms with van der Waals surface area (Å²) in [4.78, 5) is 19.5. The monoisotopic (exact) mass is 537 g/mol. The highest BCUT2D eigenvalue weighted by molar-refractivity contribution is 8.32. The van der Waals surface area contributed by atoms with Crippen molar-refractivity contribution in [3.8, 4) is 28.4 Å². The van der Waals surface area contributed by atoms with Crippen LogP contribution in [-0.4, -0.2) is 63.3 Å². The lowest BCUT2D eigenvalue weighted by Crippen LogP contribution is -2.22. The topological polar surface area (TPSA) is 86.5 Å². The van der Waals surface area contributed by atoms with Gasteiger partial charge in [-0.2, -0.15) is 13.2 Å². The van der Waals surface area contributed by atoms with Gasteiger partial charge in [0.05, 0.1) is 12.3 Å². The molecule has 11 heteroatoms. The van der Waals surface area contributed by atoms with E-state index >= 15 is 0 Å². The minimum absolute atomic E-state index is 0.0414. The Morgan fingerprint density at radius 2 is 1.78 bits per heavy atom. The summed E-state index contributed by atoms with van der Waals surface area (Å²) in [7, 11) is -0.775. The van der Waals surface area contributed by atoms with Crippen molar-refractivity contribution >= 4 is 16.0 Å². The average Bonchev–Trinajstić information content (AvgIpc) is 3.51. The highest BCUT2D eigenvalue weighted by Crippen LogP contribution is 2.46. The number of halogens is 3. The number of rotatable bonds is 11. The van der Waals surface area contributed by atoms with E-state index in [1.807, 2.05) is 0 Å². The molecule has 0 saturated heterocycles. The van der Waals surface area contributed by atoms with E-state index in [0.717, 1.165) is 17.5 Å². The molecule has 0 bridgehead atoms. The molecule has 1 saturated carbocycles. The van der Waals surface area contributed by atoms with Gasteiger partial charge in [-0.1, -0.05) is 0 Å². The van der Waals surface area contributed by atoms with Crippen LogP contribution in [0, 0.1) is 5.41 Å². The minimum atomic E-state index is -4.57. The lowest BCUT2D eigenvalue weighted by molar-refractivity contribution is -0.144. The summed E-state index contributed by atoms with van der Waals surface area (Å²) in [5.41, 5.74) is 0.0891. The second-order valence-electron chi connectivity index (χ2n) is 10.1. The molecule has 4 rings (SSSR count). The molecular formula is C26H30F3N3O4S. The Balaban J connectivity index is 1.46. The molecule has 0 unspecified atom stereocenters. The van der Waals surface area contributed by atoms with Gasteiger partial charge >= 0.3 is 12.1 Å². The molecule has 0 aliphatic heterocycles. The predicted octanol–water partition coefficient (Wildman–Crippen LogP) is 5.54. The Labute approximate surface area is 215 Å². The summed E-state index contributed by atoms with van der Waals surface area (Å²) in [5, 5.41) is 9.26. The van der Waals surface area contributed by atoms with Crippen LogP contribution in [0.5, 0.6) is 5.75 Å². The van der Waals surface area contributed by atoms with E-state index in [0.29, 0.717) is 36.5 Å². The number of carboxylic acid groups (broad SMARTS) is 1. The number of hydrogen-bond acceptors (Lipinski definition) is 5. The van der Waals surface area contributed by atoms with Crippen LogP contribution in [0.2, 0.25) is 0 Å². The van der Waals surface area contributed by atoms with Crippen molar-refractivity contribution in [1.82, 2.24) is 14.5 Å². The molecule has 1 fully saturated rings. The van der Waals surface area contributed by atoms with Gasteiger partial charge in [0.25, 0.3) is 0 Å². The molecule has 0 radical (unpaired) electrons. The number of carboxylic acids is 1. The first kappa shape index (κ1) is 27.0. The molecule has 37 heavy (non-hydrogen) atoms. The number of benzene rings is 1. The van der Waals surface area contributed by atoms with Crippen molar-refractivity contribution in [2.24, 2.45) is 5.41 Å². The molecule has 3 aromatic rings. The third kappa shape index (κ3) is 6.84. The van der Waals surface area contributed by atoms with Crippen LogP contribution in [0.25, 0.3) is 22.6 Å². The van der Waals surface area contributed by atoms with E-state index in [1.165, 1.54) is 10.8 Å². The van der Waals surface area contributed by atoms with Gasteiger partial charge in [-0.3, -0.25) is 9.78 Å². The number of hydrogen-bond donors (Lipinski definition) is 1. The maximum absolute atomic E-state index is 13.4. The number of imidazole rings is 1. The normalized spacial score (nSPS) is 15.4. The zero-order valence-electron chi connectivity index (χ0n) is 20.9. The lowest BCUT2D eigenvalue weighted by Gasteiger charge is -2.24. The van der Waals surface area contributed by atoms with Crippen molar-refractivity contribution in [3.05, 3.63) is 54.5 Å². The molecule has 200 valence electrons. The first-order chi connectivity index (χ1) is 17.4. The summed E-state index contributed by atoms with van der Waals surface area (Å²) >= 11 is 0. The molecule has 0 spiro atoms. The lowest BCUT2D eigenvalue weighted by atomic mass is 10.1. The minimum Gasteiger partial charge on any atom is -0.492 e. The smallest absolute Gasteiger partial charge is 0.434 e. The number of pyridine rings is 1. The second kappa shape index (κ2) is 10.4. The second-order valence-corrected chi connectivity index (χ2v) is 14.7. The summed E-state index contributed by atoms with van der Waals surface area (Å²) in [6.45, 7) is 0.536. The van der Waals surface area contributed by atoms with Crippen LogP contribution in [0.15, 0.2) is 48.8 Å². The van der Waals surface area contributed by atoms with E-state index < -0.39 is 33.3 Å². The SMILES string of the molecule is CS(C)(C)CCOCn1cc(C(F)(F)F)nc1-c1ccc(-c2ccc(OCC3(C(=O)O)CC3)cc2)nc1. The van der Waals surface area contributed by atoms with Crippen molar-refractivity contribution in [1.29, 1.82) is 0 Å². The van der Waals surface area contributed by atoms with Gasteiger partial charge in [0.15, 0.2) is 5.69 Å². The highest BCUT2D eigenvalue weighted by Gasteiger charge is 2.51. The zero-order chi connectivity index (χ0) is 26.8. The fourth-order valence-corrected chi connectivity index (χ4v) is 4.18. The number of nitrogens with zero attached hydrogens (tertiary/aromatic N) is 3. The third-order valence-electron chi connectivity index (χ3n) is 6.13. The molecule has 2 aromatic heterocycles. The van der Waals surface area contributed by atoms with Crippen LogP contribution in [-0.2, 0) is 22.4 Å². The zero-order valence-corrected chi connectivity index (χ0v) is 21.7. The number of carbonyl (C=O) groups is 1. The molecule has 0 amide bonds. The van der Waals surface area contributed by atoms with Crippen molar-refractivity contribution in [2.45, 2.75) is 25.7 Å². The predicted molar refractivity (Wildman–Crippen MR) is 137 cm³/mol. The Hall–Kier alpha value is -3.05. The Bertz CT molecular complexity index is 1230. The third-order valence-corrected chi connectivity index (χ3v) is 7.52. The Morgan fingerprint density at radius 3 is 2.32 bits per heavy atom. The molecule has 2 heterocycles. The quantitative estimate of drug-likeness (QED) is 0.323. The Kier molecular flexibility index (Phi) is 7.57. The number of alkyl halides is 3. The average molecular weight is 538 g/mol. The largest absolute Gasteiger partial charge is 0.492 e. The summed E-state index contributed by atoms with van der Waals surface area (Å²) < 4.78 is 52.7. The summed E-state index contributed by atoms with van der Waals surface area (Å²) in [6, 6.07) is 10.5. The maximum atomic E-state index is 13.4. The summed E-state index contributed by atoms with van der Waals surface area (Å²) in [5.74, 6) is 0.700. The van der Waals surface area contributed by atoms with Crippen molar-refractivity contribution in [3.63, 3.8) is 0 Å². The van der Waals surface area contributed by atoms with Gasteiger partial charge in [-0.15, -0.1) is 0 Å². The van der Waals surface area contributed by atoms with Gasteiger partial charge in [0, 0.05) is 29.3 Å². The van der Waals surface area contributed by atoms with Crippen LogP contribution in [0.3, 0.4) is 0 Å². The van der Waals surface area contributed by atoms with Crippen molar-refractivity contribution < 1.29 is 32.5 Å². The Morgan fingerprint density at radius 1 is 1.11 bits per heavy atom. The van der Waals surface area contributed by atoms with Crippen LogP contribution < -0.4 is 4.74 Å². The summed E-state index contributed by atoms with van der Waals surface area (Å²) in [6.07, 6.45) is 5.55. The fraction of sp³-hybridized carbons (Fsp3) is 0.423. The van der Waals surface area contributed by atoms with E-state index in [4.69, 9.17) is 9.47 Å². The van der Waals surface area contributed by atoms with Gasteiger partial charge in [0.2, 0.25) is 0 Å². The number of ether oxygens (including phenoxy) is 2. The number of aromatic nitrogens is 3. The fourth-order valence-electron chi connectivity index (χ4n) is 3.56. The number of aliphatic carboxylic acids is 1. The van der Waals surface area contributed by atoms with E-state index in [1.54, 1.807) is 36.4 Å².